The highest BCUT2D eigenvalue weighted by molar-refractivity contribution is 7.92. The molecule has 0 spiro atoms. The lowest BCUT2D eigenvalue weighted by molar-refractivity contribution is 0.0474. The van der Waals surface area contributed by atoms with Gasteiger partial charge in [0, 0.05) is 17.3 Å². The van der Waals surface area contributed by atoms with Crippen molar-refractivity contribution in [2.75, 3.05) is 24.5 Å². The summed E-state index contributed by atoms with van der Waals surface area (Å²) < 4.78 is 43.9. The minimum absolute atomic E-state index is 0.0187. The predicted octanol–water partition coefficient (Wildman–Crippen LogP) is 3.92. The number of benzene rings is 3. The van der Waals surface area contributed by atoms with E-state index in [1.807, 2.05) is 26.0 Å². The van der Waals surface area contributed by atoms with Gasteiger partial charge in [-0.15, -0.1) is 0 Å². The van der Waals surface area contributed by atoms with Gasteiger partial charge in [0.25, 0.3) is 10.0 Å². The number of rotatable bonds is 7. The zero-order chi connectivity index (χ0) is 24.3. The van der Waals surface area contributed by atoms with Gasteiger partial charge in [0.15, 0.2) is 18.1 Å². The Morgan fingerprint density at radius 1 is 0.912 bits per heavy atom. The Kier molecular flexibility index (Phi) is 6.56. The van der Waals surface area contributed by atoms with Crippen molar-refractivity contribution in [2.24, 2.45) is 0 Å². The second-order valence-electron chi connectivity index (χ2n) is 7.81. The largest absolute Gasteiger partial charge is 0.486 e. The Morgan fingerprint density at radius 3 is 2.35 bits per heavy atom. The molecule has 4 rings (SSSR count). The highest BCUT2D eigenvalue weighted by Gasteiger charge is 2.20. The van der Waals surface area contributed by atoms with Gasteiger partial charge in [-0.25, -0.2) is 13.2 Å². The van der Waals surface area contributed by atoms with Crippen LogP contribution in [0.1, 0.15) is 31.8 Å². The minimum Gasteiger partial charge on any atom is -0.486 e. The molecule has 3 aromatic carbocycles. The summed E-state index contributed by atoms with van der Waals surface area (Å²) in [5, 5.41) is 0. The van der Waals surface area contributed by atoms with E-state index in [0.29, 0.717) is 30.3 Å². The summed E-state index contributed by atoms with van der Waals surface area (Å²) in [5.74, 6) is -0.120. The van der Waals surface area contributed by atoms with Gasteiger partial charge in [0.2, 0.25) is 5.78 Å². The maximum absolute atomic E-state index is 12.7. The molecule has 3 aromatic rings. The molecule has 0 amide bonds. The van der Waals surface area contributed by atoms with Crippen molar-refractivity contribution < 1.29 is 32.2 Å². The normalized spacial score (nSPS) is 12.6. The Labute approximate surface area is 197 Å². The molecule has 0 aromatic heterocycles. The molecule has 0 saturated heterocycles. The van der Waals surface area contributed by atoms with E-state index >= 15 is 0 Å². The zero-order valence-corrected chi connectivity index (χ0v) is 19.5. The molecule has 34 heavy (non-hydrogen) atoms. The lowest BCUT2D eigenvalue weighted by atomic mass is 10.0. The third-order valence-corrected chi connectivity index (χ3v) is 6.60. The molecular weight excluding hydrogens is 458 g/mol. The first-order valence-corrected chi connectivity index (χ1v) is 12.0. The first-order chi connectivity index (χ1) is 16.2. The number of ketones is 1. The number of hydrogen-bond donors (Lipinski definition) is 1. The van der Waals surface area contributed by atoms with Crippen LogP contribution in [-0.2, 0) is 14.8 Å². The topological polar surface area (TPSA) is 108 Å². The first kappa shape index (κ1) is 23.3. The van der Waals surface area contributed by atoms with Gasteiger partial charge in [-0.1, -0.05) is 17.7 Å². The molecule has 1 aliphatic rings. The second-order valence-corrected chi connectivity index (χ2v) is 9.49. The zero-order valence-electron chi connectivity index (χ0n) is 18.7. The Bertz CT molecular complexity index is 1350. The first-order valence-electron chi connectivity index (χ1n) is 10.5. The third-order valence-electron chi connectivity index (χ3n) is 5.22. The van der Waals surface area contributed by atoms with Crippen LogP contribution < -0.4 is 14.2 Å². The van der Waals surface area contributed by atoms with E-state index in [-0.39, 0.29) is 28.5 Å². The van der Waals surface area contributed by atoms with Gasteiger partial charge in [0.05, 0.1) is 10.5 Å². The molecule has 0 saturated carbocycles. The molecule has 0 fully saturated rings. The second kappa shape index (κ2) is 9.56. The summed E-state index contributed by atoms with van der Waals surface area (Å²) in [4.78, 5) is 24.8. The van der Waals surface area contributed by atoms with Crippen LogP contribution in [0.3, 0.4) is 0 Å². The number of sulfonamides is 1. The van der Waals surface area contributed by atoms with Crippen LogP contribution in [0, 0.1) is 13.8 Å². The van der Waals surface area contributed by atoms with Crippen molar-refractivity contribution in [3.05, 3.63) is 82.9 Å². The van der Waals surface area contributed by atoms with E-state index in [2.05, 4.69) is 4.72 Å². The molecule has 0 unspecified atom stereocenters. The average Bonchev–Trinajstić information content (AvgIpc) is 2.83. The monoisotopic (exact) mass is 481 g/mol. The van der Waals surface area contributed by atoms with Gasteiger partial charge in [0.1, 0.15) is 13.2 Å². The Balaban J connectivity index is 1.39. The summed E-state index contributed by atoms with van der Waals surface area (Å²) in [5.41, 5.74) is 2.71. The number of anilines is 1. The fraction of sp³-hybridized carbons (Fsp3) is 0.200. The van der Waals surface area contributed by atoms with E-state index in [0.717, 1.165) is 11.1 Å². The van der Waals surface area contributed by atoms with E-state index in [1.165, 1.54) is 36.4 Å². The maximum Gasteiger partial charge on any atom is 0.338 e. The average molecular weight is 482 g/mol. The van der Waals surface area contributed by atoms with Crippen LogP contribution >= 0.6 is 0 Å². The SMILES string of the molecule is Cc1ccc(C)c(C(=O)COC(=O)c2ccc(NS(=O)(=O)c3ccc4c(c3)OCCO4)cc2)c1. The van der Waals surface area contributed by atoms with E-state index in [9.17, 15) is 18.0 Å². The molecule has 0 atom stereocenters. The van der Waals surface area contributed by atoms with Crippen molar-refractivity contribution in [3.63, 3.8) is 0 Å². The van der Waals surface area contributed by atoms with Crippen molar-refractivity contribution in [2.45, 2.75) is 18.7 Å². The summed E-state index contributed by atoms with van der Waals surface area (Å²) in [7, 11) is -3.89. The van der Waals surface area contributed by atoms with Crippen molar-refractivity contribution in [1.82, 2.24) is 0 Å². The number of ether oxygens (including phenoxy) is 3. The highest BCUT2D eigenvalue weighted by Crippen LogP contribution is 2.32. The molecule has 1 heterocycles. The van der Waals surface area contributed by atoms with Crippen LogP contribution in [0.5, 0.6) is 11.5 Å². The standard InChI is InChI=1S/C25H23NO7S/c1-16-3-4-17(2)21(13-16)22(27)15-33-25(28)18-5-7-19(8-6-18)26-34(29,30)20-9-10-23-24(14-20)32-12-11-31-23/h3-10,13-14,26H,11-12,15H2,1-2H3. The van der Waals surface area contributed by atoms with E-state index in [4.69, 9.17) is 14.2 Å². The van der Waals surface area contributed by atoms with Crippen LogP contribution in [0.15, 0.2) is 65.6 Å². The quantitative estimate of drug-likeness (QED) is 0.403. The molecule has 0 bridgehead atoms. The summed E-state index contributed by atoms with van der Waals surface area (Å²) in [6.45, 7) is 4.07. The van der Waals surface area contributed by atoms with E-state index in [1.54, 1.807) is 12.1 Å². The Morgan fingerprint density at radius 2 is 1.62 bits per heavy atom. The van der Waals surface area contributed by atoms with Crippen LogP contribution in [0.2, 0.25) is 0 Å². The molecule has 0 radical (unpaired) electrons. The van der Waals surface area contributed by atoms with Gasteiger partial charge in [-0.2, -0.15) is 0 Å². The fourth-order valence-electron chi connectivity index (χ4n) is 3.41. The number of hydrogen-bond acceptors (Lipinski definition) is 7. The molecule has 176 valence electrons. The number of carbonyl (C=O) groups excluding carboxylic acids is 2. The lowest BCUT2D eigenvalue weighted by Gasteiger charge is -2.19. The minimum atomic E-state index is -3.89. The van der Waals surface area contributed by atoms with Crippen LogP contribution in [0.4, 0.5) is 5.69 Å². The number of fused-ring (bicyclic) bond motifs is 1. The van der Waals surface area contributed by atoms with Gasteiger partial charge in [-0.3, -0.25) is 9.52 Å². The van der Waals surface area contributed by atoms with Crippen molar-refractivity contribution in [1.29, 1.82) is 0 Å². The van der Waals surface area contributed by atoms with Crippen molar-refractivity contribution >= 4 is 27.5 Å². The third kappa shape index (κ3) is 5.20. The number of Topliss-reactive ketones (excluding diaryl/α,β-unsaturated/α-hetero) is 1. The number of aryl methyl sites for hydroxylation is 2. The highest BCUT2D eigenvalue weighted by atomic mass is 32.2. The Hall–Kier alpha value is -3.85. The van der Waals surface area contributed by atoms with E-state index < -0.39 is 16.0 Å². The lowest BCUT2D eigenvalue weighted by Crippen LogP contribution is -2.17. The summed E-state index contributed by atoms with van der Waals surface area (Å²) in [6.07, 6.45) is 0. The molecule has 1 aliphatic heterocycles. The molecule has 9 heteroatoms. The number of esters is 1. The number of nitrogens with one attached hydrogen (secondary N) is 1. The van der Waals surface area contributed by atoms with Crippen molar-refractivity contribution in [3.8, 4) is 11.5 Å². The molecule has 8 nitrogen and oxygen atoms in total. The fourth-order valence-corrected chi connectivity index (χ4v) is 4.48. The maximum atomic E-state index is 12.7. The van der Waals surface area contributed by atoms with Gasteiger partial charge >= 0.3 is 5.97 Å². The molecule has 1 N–H and O–H groups in total. The smallest absolute Gasteiger partial charge is 0.338 e. The van der Waals surface area contributed by atoms with Crippen LogP contribution in [-0.4, -0.2) is 40.0 Å². The summed E-state index contributed by atoms with van der Waals surface area (Å²) in [6, 6.07) is 15.6. The predicted molar refractivity (Wildman–Crippen MR) is 125 cm³/mol. The van der Waals surface area contributed by atoms with Gasteiger partial charge < -0.3 is 14.2 Å². The van der Waals surface area contributed by atoms with Crippen LogP contribution in [0.25, 0.3) is 0 Å². The molecular formula is C25H23NO7S. The summed E-state index contributed by atoms with van der Waals surface area (Å²) >= 11 is 0. The molecule has 0 aliphatic carbocycles. The number of carbonyl (C=O) groups is 2. The van der Waals surface area contributed by atoms with Gasteiger partial charge in [-0.05, 0) is 61.9 Å².